The molecule has 1 N–H and O–H groups in total. The van der Waals surface area contributed by atoms with Crippen molar-refractivity contribution in [3.8, 4) is 0 Å². The summed E-state index contributed by atoms with van der Waals surface area (Å²) < 4.78 is 3.62. The van der Waals surface area contributed by atoms with Gasteiger partial charge in [-0.05, 0) is 39.2 Å². The first-order valence-corrected chi connectivity index (χ1v) is 7.21. The number of aromatic nitrogens is 4. The van der Waals surface area contributed by atoms with Crippen molar-refractivity contribution in [2.75, 3.05) is 0 Å². The molecule has 1 unspecified atom stereocenters. The fourth-order valence-electron chi connectivity index (χ4n) is 2.55. The van der Waals surface area contributed by atoms with E-state index in [0.29, 0.717) is 23.7 Å². The molecule has 0 bridgehead atoms. The minimum absolute atomic E-state index is 0.527. The Balaban J connectivity index is 2.12. The summed E-state index contributed by atoms with van der Waals surface area (Å²) in [6.45, 7) is 6.72. The lowest BCUT2D eigenvalue weighted by atomic mass is 10.0. The van der Waals surface area contributed by atoms with Gasteiger partial charge in [0.25, 0.3) is 0 Å². The minimum atomic E-state index is -0.607. The van der Waals surface area contributed by atoms with Crippen molar-refractivity contribution in [3.05, 3.63) is 33.9 Å². The molecule has 0 aliphatic heterocycles. The number of aliphatic hydroxyl groups excluding tert-OH is 1. The van der Waals surface area contributed by atoms with Crippen molar-refractivity contribution in [2.24, 2.45) is 7.05 Å². The van der Waals surface area contributed by atoms with Crippen LogP contribution < -0.4 is 0 Å². The summed E-state index contributed by atoms with van der Waals surface area (Å²) >= 11 is 6.11. The molecule has 0 aliphatic carbocycles. The Labute approximate surface area is 124 Å². The molecule has 2 rings (SSSR count). The summed E-state index contributed by atoms with van der Waals surface area (Å²) in [5, 5.41) is 19.5. The summed E-state index contributed by atoms with van der Waals surface area (Å²) in [5.41, 5.74) is 4.07. The maximum Gasteiger partial charge on any atom is 0.0975 e. The van der Waals surface area contributed by atoms with E-state index in [-0.39, 0.29) is 0 Å². The van der Waals surface area contributed by atoms with Gasteiger partial charge in [-0.2, -0.15) is 10.2 Å². The molecular formula is C14H21ClN4O. The van der Waals surface area contributed by atoms with Gasteiger partial charge in [-0.3, -0.25) is 9.36 Å². The quantitative estimate of drug-likeness (QED) is 0.922. The zero-order chi connectivity index (χ0) is 14.9. The smallest absolute Gasteiger partial charge is 0.0975 e. The van der Waals surface area contributed by atoms with E-state index in [0.717, 1.165) is 17.8 Å². The van der Waals surface area contributed by atoms with Crippen LogP contribution in [0.15, 0.2) is 6.20 Å². The molecule has 0 aromatic carbocycles. The van der Waals surface area contributed by atoms with Crippen LogP contribution in [0.25, 0.3) is 0 Å². The second-order valence-corrected chi connectivity index (χ2v) is 5.43. The van der Waals surface area contributed by atoms with Gasteiger partial charge in [-0.25, -0.2) is 0 Å². The van der Waals surface area contributed by atoms with Gasteiger partial charge in [0.1, 0.15) is 0 Å². The summed E-state index contributed by atoms with van der Waals surface area (Å²) in [4.78, 5) is 0. The van der Waals surface area contributed by atoms with E-state index in [2.05, 4.69) is 10.2 Å². The van der Waals surface area contributed by atoms with Crippen LogP contribution in [-0.2, 0) is 20.0 Å². The van der Waals surface area contributed by atoms with Gasteiger partial charge < -0.3 is 5.11 Å². The molecule has 0 fully saturated rings. The van der Waals surface area contributed by atoms with Crippen molar-refractivity contribution >= 4 is 11.6 Å². The number of rotatable bonds is 5. The molecule has 0 aliphatic rings. The normalized spacial score (nSPS) is 12.9. The second-order valence-electron chi connectivity index (χ2n) is 5.02. The zero-order valence-corrected chi connectivity index (χ0v) is 13.1. The molecule has 110 valence electrons. The molecular weight excluding hydrogens is 276 g/mol. The van der Waals surface area contributed by atoms with Crippen LogP contribution in [-0.4, -0.2) is 24.7 Å². The zero-order valence-electron chi connectivity index (χ0n) is 12.4. The van der Waals surface area contributed by atoms with Crippen LogP contribution in [0.4, 0.5) is 0 Å². The highest BCUT2D eigenvalue weighted by Gasteiger charge is 2.19. The highest BCUT2D eigenvalue weighted by atomic mass is 35.5. The van der Waals surface area contributed by atoms with E-state index < -0.39 is 6.10 Å². The van der Waals surface area contributed by atoms with Gasteiger partial charge in [0.2, 0.25) is 0 Å². The molecule has 20 heavy (non-hydrogen) atoms. The predicted octanol–water partition coefficient (Wildman–Crippen LogP) is 2.57. The average molecular weight is 297 g/mol. The lowest BCUT2D eigenvalue weighted by Crippen LogP contribution is -2.09. The highest BCUT2D eigenvalue weighted by molar-refractivity contribution is 6.31. The molecule has 2 aromatic heterocycles. The summed E-state index contributed by atoms with van der Waals surface area (Å²) in [7, 11) is 1.94. The van der Waals surface area contributed by atoms with Crippen LogP contribution in [0.1, 0.15) is 42.1 Å². The van der Waals surface area contributed by atoms with Crippen LogP contribution in [0.5, 0.6) is 0 Å². The number of aryl methyl sites for hydroxylation is 3. The third-order valence-corrected chi connectivity index (χ3v) is 4.07. The van der Waals surface area contributed by atoms with Crippen LogP contribution in [0.3, 0.4) is 0 Å². The van der Waals surface area contributed by atoms with Crippen molar-refractivity contribution in [1.29, 1.82) is 0 Å². The van der Waals surface area contributed by atoms with Crippen molar-refractivity contribution < 1.29 is 5.11 Å². The number of hydrogen-bond donors (Lipinski definition) is 1. The molecule has 1 atom stereocenters. The predicted molar refractivity (Wildman–Crippen MR) is 78.9 cm³/mol. The van der Waals surface area contributed by atoms with E-state index in [1.807, 2.05) is 32.5 Å². The van der Waals surface area contributed by atoms with Crippen molar-refractivity contribution in [2.45, 2.75) is 46.3 Å². The molecule has 0 spiro atoms. The number of hydrogen-bond acceptors (Lipinski definition) is 3. The average Bonchev–Trinajstić information content (AvgIpc) is 2.89. The topological polar surface area (TPSA) is 55.9 Å². The van der Waals surface area contributed by atoms with Crippen LogP contribution in [0, 0.1) is 13.8 Å². The minimum Gasteiger partial charge on any atom is -0.387 e. The Bertz CT molecular complexity index is 603. The molecule has 6 heteroatoms. The lowest BCUT2D eigenvalue weighted by molar-refractivity contribution is 0.157. The fourth-order valence-corrected chi connectivity index (χ4v) is 2.82. The molecule has 5 nitrogen and oxygen atoms in total. The number of halogens is 1. The largest absolute Gasteiger partial charge is 0.387 e. The van der Waals surface area contributed by atoms with Crippen molar-refractivity contribution in [1.82, 2.24) is 19.6 Å². The van der Waals surface area contributed by atoms with E-state index in [1.54, 1.807) is 10.9 Å². The molecule has 0 amide bonds. The Kier molecular flexibility index (Phi) is 4.50. The lowest BCUT2D eigenvalue weighted by Gasteiger charge is -2.13. The molecule has 2 aromatic rings. The third-order valence-electron chi connectivity index (χ3n) is 3.78. The highest BCUT2D eigenvalue weighted by Crippen LogP contribution is 2.27. The summed E-state index contributed by atoms with van der Waals surface area (Å²) in [6, 6.07) is 0. The SMILES string of the molecule is CCn1ncc(Cl)c1C(O)CCc1c(C)nn(C)c1C. The van der Waals surface area contributed by atoms with E-state index in [9.17, 15) is 5.11 Å². The first-order chi connectivity index (χ1) is 9.45. The van der Waals surface area contributed by atoms with E-state index in [1.165, 1.54) is 5.56 Å². The van der Waals surface area contributed by atoms with Gasteiger partial charge in [0, 0.05) is 19.3 Å². The van der Waals surface area contributed by atoms with Gasteiger partial charge in [-0.15, -0.1) is 0 Å². The molecule has 2 heterocycles. The Morgan fingerprint density at radius 2 is 2.10 bits per heavy atom. The molecule has 0 saturated heterocycles. The van der Waals surface area contributed by atoms with Gasteiger partial charge in [-0.1, -0.05) is 11.6 Å². The van der Waals surface area contributed by atoms with Gasteiger partial charge in [0.15, 0.2) is 0 Å². The first kappa shape index (κ1) is 15.1. The maximum atomic E-state index is 10.4. The van der Waals surface area contributed by atoms with E-state index in [4.69, 9.17) is 11.6 Å². The molecule has 0 saturated carbocycles. The first-order valence-electron chi connectivity index (χ1n) is 6.84. The Hall–Kier alpha value is -1.33. The monoisotopic (exact) mass is 296 g/mol. The van der Waals surface area contributed by atoms with Crippen LogP contribution in [0.2, 0.25) is 5.02 Å². The van der Waals surface area contributed by atoms with Crippen molar-refractivity contribution in [3.63, 3.8) is 0 Å². The van der Waals surface area contributed by atoms with E-state index >= 15 is 0 Å². The second kappa shape index (κ2) is 5.97. The fraction of sp³-hybridized carbons (Fsp3) is 0.571. The van der Waals surface area contributed by atoms with Gasteiger partial charge in [0.05, 0.1) is 28.7 Å². The Morgan fingerprint density at radius 1 is 1.40 bits per heavy atom. The Morgan fingerprint density at radius 3 is 2.65 bits per heavy atom. The van der Waals surface area contributed by atoms with Gasteiger partial charge >= 0.3 is 0 Å². The summed E-state index contributed by atoms with van der Waals surface area (Å²) in [6.07, 6.45) is 2.37. The molecule has 0 radical (unpaired) electrons. The third kappa shape index (κ3) is 2.74. The summed E-state index contributed by atoms with van der Waals surface area (Å²) in [5.74, 6) is 0. The standard InChI is InChI=1S/C14H21ClN4O/c1-5-19-14(12(15)8-16-19)13(20)7-6-11-9(2)17-18(4)10(11)3/h8,13,20H,5-7H2,1-4H3. The number of nitrogens with zero attached hydrogens (tertiary/aromatic N) is 4. The van der Waals surface area contributed by atoms with Crippen LogP contribution >= 0.6 is 11.6 Å². The number of aliphatic hydroxyl groups is 1. The maximum absolute atomic E-state index is 10.4.